The first-order chi connectivity index (χ1) is 29.8. The summed E-state index contributed by atoms with van der Waals surface area (Å²) in [5.74, 6) is -0.436. The van der Waals surface area contributed by atoms with Crippen molar-refractivity contribution in [3.63, 3.8) is 0 Å². The van der Waals surface area contributed by atoms with Crippen LogP contribution in [0, 0.1) is 17.8 Å². The molecule has 0 spiro atoms. The van der Waals surface area contributed by atoms with Crippen LogP contribution in [0.15, 0.2) is 78.9 Å². The number of hydrogen-bond acceptors (Lipinski definition) is 12. The molecule has 3 aliphatic heterocycles. The van der Waals surface area contributed by atoms with Crippen molar-refractivity contribution in [2.45, 2.75) is 77.3 Å². The quantitative estimate of drug-likeness (QED) is 0.109. The highest BCUT2D eigenvalue weighted by Crippen LogP contribution is 2.27. The molecule has 16 nitrogen and oxygen atoms in total. The van der Waals surface area contributed by atoms with Gasteiger partial charge in [0.1, 0.15) is 6.10 Å². The van der Waals surface area contributed by atoms with Gasteiger partial charge >= 0.3 is 12.2 Å². The molecule has 4 amide bonds. The van der Waals surface area contributed by atoms with Gasteiger partial charge < -0.3 is 51.7 Å². The summed E-state index contributed by atoms with van der Waals surface area (Å²) in [7, 11) is 0. The lowest BCUT2D eigenvalue weighted by molar-refractivity contribution is -0.228. The minimum atomic E-state index is -1.02. The molecule has 3 atom stereocenters. The van der Waals surface area contributed by atoms with Gasteiger partial charge in [0.2, 0.25) is 18.1 Å². The lowest BCUT2D eigenvalue weighted by atomic mass is 9.96. The van der Waals surface area contributed by atoms with Crippen LogP contribution in [0.3, 0.4) is 0 Å². The van der Waals surface area contributed by atoms with Crippen molar-refractivity contribution in [3.05, 3.63) is 107 Å². The van der Waals surface area contributed by atoms with Gasteiger partial charge in [0.15, 0.2) is 0 Å². The van der Waals surface area contributed by atoms with Gasteiger partial charge in [0, 0.05) is 70.1 Å². The van der Waals surface area contributed by atoms with E-state index in [4.69, 9.17) is 30.4 Å². The average Bonchev–Trinajstić information content (AvgIpc) is 3.30. The summed E-state index contributed by atoms with van der Waals surface area (Å²) in [4.78, 5) is 55.9. The van der Waals surface area contributed by atoms with Crippen molar-refractivity contribution in [2.24, 2.45) is 29.2 Å². The summed E-state index contributed by atoms with van der Waals surface area (Å²) in [6, 6.07) is 25.4. The molecule has 6 rings (SSSR count). The average molecular weight is 843 g/mol. The third-order valence-corrected chi connectivity index (χ3v) is 11.6. The number of likely N-dealkylation sites (tertiary alicyclic amines) is 2. The summed E-state index contributed by atoms with van der Waals surface area (Å²) in [6.45, 7) is 5.57. The molecule has 1 unspecified atom stereocenters. The van der Waals surface area contributed by atoms with Crippen molar-refractivity contribution in [3.8, 4) is 0 Å². The lowest BCUT2D eigenvalue weighted by Crippen LogP contribution is -2.50. The van der Waals surface area contributed by atoms with Gasteiger partial charge in [-0.3, -0.25) is 19.4 Å². The van der Waals surface area contributed by atoms with Gasteiger partial charge in [-0.05, 0) is 59.9 Å². The Kier molecular flexibility index (Phi) is 17.7. The molecule has 3 fully saturated rings. The fourth-order valence-corrected chi connectivity index (χ4v) is 7.92. The number of carbonyl (C=O) groups is 4. The van der Waals surface area contributed by atoms with Crippen molar-refractivity contribution >= 4 is 24.0 Å². The maximum atomic E-state index is 13.1. The van der Waals surface area contributed by atoms with Gasteiger partial charge in [-0.1, -0.05) is 78.9 Å². The third kappa shape index (κ3) is 14.5. The number of ether oxygens (including phenoxy) is 4. The van der Waals surface area contributed by atoms with Crippen LogP contribution in [0.1, 0.15) is 59.9 Å². The predicted molar refractivity (Wildman–Crippen MR) is 228 cm³/mol. The molecule has 3 heterocycles. The van der Waals surface area contributed by atoms with E-state index < -0.39 is 24.6 Å². The highest BCUT2D eigenvalue weighted by atomic mass is 16.7. The van der Waals surface area contributed by atoms with Gasteiger partial charge in [0.05, 0.1) is 33.2 Å². The number of nitrogens with one attached hydrogen (secondary N) is 4. The van der Waals surface area contributed by atoms with E-state index in [1.165, 1.54) is 0 Å². The number of carbonyl (C=O) groups excluding carboxylic acids is 4. The van der Waals surface area contributed by atoms with E-state index in [1.54, 1.807) is 0 Å². The molecule has 0 saturated carbocycles. The van der Waals surface area contributed by atoms with Crippen LogP contribution in [-0.2, 0) is 61.3 Å². The second kappa shape index (κ2) is 23.8. The summed E-state index contributed by atoms with van der Waals surface area (Å²) < 4.78 is 23.7. The molecule has 8 N–H and O–H groups in total. The number of rotatable bonds is 18. The molecule has 330 valence electrons. The van der Waals surface area contributed by atoms with Gasteiger partial charge in [-0.2, -0.15) is 0 Å². The third-order valence-electron chi connectivity index (χ3n) is 11.6. The van der Waals surface area contributed by atoms with Crippen molar-refractivity contribution in [2.75, 3.05) is 52.7 Å². The molecule has 3 aromatic carbocycles. The van der Waals surface area contributed by atoms with E-state index in [0.717, 1.165) is 27.8 Å². The number of hydrogen-bond donors (Lipinski definition) is 6. The monoisotopic (exact) mass is 842 g/mol. The Morgan fingerprint density at radius 3 is 1.67 bits per heavy atom. The molecule has 0 bridgehead atoms. The Hall–Kier alpha value is -5.10. The minimum absolute atomic E-state index is 0.0255. The van der Waals surface area contributed by atoms with Crippen molar-refractivity contribution < 1.29 is 38.1 Å². The number of nitrogens with zero attached hydrogens (tertiary/aromatic N) is 2. The SMILES string of the molecule is NCc1cccc(CNC(=O)C2CCN(CNC(=O)OC[C@H]3CCO[C@@H](OC(=O)NCN4CCC(C(=O)NCc5cccc(CN)c5)CC4)C3OCc3ccccc3)CC2)c1. The highest BCUT2D eigenvalue weighted by Gasteiger charge is 2.39. The van der Waals surface area contributed by atoms with Crippen molar-refractivity contribution in [1.82, 2.24) is 31.1 Å². The number of nitrogens with two attached hydrogens (primary N) is 2. The van der Waals surface area contributed by atoms with Crippen LogP contribution in [0.2, 0.25) is 0 Å². The van der Waals surface area contributed by atoms with Crippen LogP contribution in [0.5, 0.6) is 0 Å². The topological polar surface area (TPSA) is 212 Å². The van der Waals surface area contributed by atoms with E-state index in [-0.39, 0.29) is 56.1 Å². The van der Waals surface area contributed by atoms with Crippen LogP contribution in [0.4, 0.5) is 9.59 Å². The summed E-state index contributed by atoms with van der Waals surface area (Å²) >= 11 is 0. The van der Waals surface area contributed by atoms with Gasteiger partial charge in [-0.25, -0.2) is 9.59 Å². The maximum absolute atomic E-state index is 13.1. The Morgan fingerprint density at radius 1 is 0.623 bits per heavy atom. The Morgan fingerprint density at radius 2 is 1.13 bits per heavy atom. The zero-order valence-electron chi connectivity index (χ0n) is 34.9. The number of amides is 4. The number of alkyl carbamates (subject to hydrolysis) is 2. The summed E-state index contributed by atoms with van der Waals surface area (Å²) in [6.07, 6.45) is 0.303. The Balaban J connectivity index is 0.904. The molecule has 0 aliphatic carbocycles. The Labute approximate surface area is 358 Å². The smallest absolute Gasteiger partial charge is 0.410 e. The van der Waals surface area contributed by atoms with Crippen LogP contribution < -0.4 is 32.7 Å². The van der Waals surface area contributed by atoms with Gasteiger partial charge in [-0.15, -0.1) is 0 Å². The summed E-state index contributed by atoms with van der Waals surface area (Å²) in [5.41, 5.74) is 16.5. The molecular formula is C45H62N8O8. The molecule has 3 aromatic rings. The largest absolute Gasteiger partial charge is 0.449 e. The fourth-order valence-electron chi connectivity index (χ4n) is 7.92. The first kappa shape index (κ1) is 45.4. The molecule has 3 aliphatic rings. The van der Waals surface area contributed by atoms with E-state index in [9.17, 15) is 19.2 Å². The van der Waals surface area contributed by atoms with Crippen LogP contribution in [-0.4, -0.2) is 98.9 Å². The summed E-state index contributed by atoms with van der Waals surface area (Å²) in [5, 5.41) is 11.8. The molecule has 16 heteroatoms. The van der Waals surface area contributed by atoms with E-state index in [1.807, 2.05) is 78.9 Å². The standard InChI is InChI=1S/C45H62N8O8/c46-24-33-8-4-10-35(22-33)26-48-41(54)37-12-17-52(18-13-37)30-50-44(56)60-29-39-16-21-58-43(40(39)59-28-32-6-2-1-3-7-32)61-45(57)51-31-53-19-14-38(15-20-53)42(55)49-27-36-11-5-9-34(23-36)25-47/h1-11,22-23,37-40,43H,12-21,24-31,46-47H2,(H,48,54)(H,49,55)(H,50,56)(H,51,57)/t39-,40?,43+/m1/s1. The lowest BCUT2D eigenvalue weighted by Gasteiger charge is -2.37. The van der Waals surface area contributed by atoms with E-state index >= 15 is 0 Å². The zero-order chi connectivity index (χ0) is 42.8. The van der Waals surface area contributed by atoms with Crippen LogP contribution >= 0.6 is 0 Å². The maximum Gasteiger partial charge on any atom is 0.410 e. The molecule has 3 saturated heterocycles. The van der Waals surface area contributed by atoms with E-state index in [2.05, 4.69) is 31.1 Å². The first-order valence-electron chi connectivity index (χ1n) is 21.4. The van der Waals surface area contributed by atoms with Crippen LogP contribution in [0.25, 0.3) is 0 Å². The van der Waals surface area contributed by atoms with Gasteiger partial charge in [0.25, 0.3) is 0 Å². The normalized spacial score (nSPS) is 20.3. The predicted octanol–water partition coefficient (Wildman–Crippen LogP) is 3.28. The molecule has 61 heavy (non-hydrogen) atoms. The molecular weight excluding hydrogens is 781 g/mol. The molecule has 0 aromatic heterocycles. The van der Waals surface area contributed by atoms with E-state index in [0.29, 0.717) is 91.1 Å². The number of piperidine rings is 2. The fraction of sp³-hybridized carbons (Fsp3) is 0.511. The molecule has 0 radical (unpaired) electrons. The Bertz CT molecular complexity index is 1850. The first-order valence-corrected chi connectivity index (χ1v) is 21.4. The second-order valence-corrected chi connectivity index (χ2v) is 16.0. The zero-order valence-corrected chi connectivity index (χ0v) is 34.9. The number of benzene rings is 3. The highest BCUT2D eigenvalue weighted by molar-refractivity contribution is 5.79. The minimum Gasteiger partial charge on any atom is -0.449 e. The van der Waals surface area contributed by atoms with Crippen molar-refractivity contribution in [1.29, 1.82) is 0 Å². The second-order valence-electron chi connectivity index (χ2n) is 16.0.